The van der Waals surface area contributed by atoms with Crippen LogP contribution in [0.25, 0.3) is 0 Å². The molecule has 0 aliphatic carbocycles. The summed E-state index contributed by atoms with van der Waals surface area (Å²) in [6.45, 7) is 4.21. The normalized spacial score (nSPS) is 14.2. The van der Waals surface area contributed by atoms with Crippen molar-refractivity contribution < 1.29 is 31.1 Å². The van der Waals surface area contributed by atoms with Crippen molar-refractivity contribution >= 4 is 15.7 Å². The zero-order valence-corrected chi connectivity index (χ0v) is 17.5. The van der Waals surface area contributed by atoms with Crippen molar-refractivity contribution in [2.24, 2.45) is 5.92 Å². The first-order chi connectivity index (χ1) is 13.9. The summed E-state index contributed by atoms with van der Waals surface area (Å²) < 4.78 is 68.3. The third-order valence-electron chi connectivity index (χ3n) is 4.56. The van der Waals surface area contributed by atoms with Crippen LogP contribution in [0.1, 0.15) is 41.0 Å². The molecule has 0 saturated carbocycles. The Kier molecular flexibility index (Phi) is 5.81. The summed E-state index contributed by atoms with van der Waals surface area (Å²) in [5.74, 6) is -0.124. The van der Waals surface area contributed by atoms with E-state index in [1.165, 1.54) is 23.1 Å². The predicted molar refractivity (Wildman–Crippen MR) is 103 cm³/mol. The SMILES string of the molecule is CC(C)COc1ccc(S(C)(=O)=O)cc1C(=O)N1Cc2cnc(C(F)(F)F)cc2C1. The summed E-state index contributed by atoms with van der Waals surface area (Å²) in [7, 11) is -3.57. The first-order valence-electron chi connectivity index (χ1n) is 9.17. The molecule has 1 aromatic heterocycles. The molecular weight excluding hydrogens is 421 g/mol. The van der Waals surface area contributed by atoms with Gasteiger partial charge in [-0.1, -0.05) is 13.8 Å². The van der Waals surface area contributed by atoms with Crippen molar-refractivity contribution in [2.75, 3.05) is 12.9 Å². The fourth-order valence-corrected chi connectivity index (χ4v) is 3.69. The van der Waals surface area contributed by atoms with Gasteiger partial charge in [-0.2, -0.15) is 13.2 Å². The Balaban J connectivity index is 1.93. The number of nitrogens with zero attached hydrogens (tertiary/aromatic N) is 2. The van der Waals surface area contributed by atoms with Gasteiger partial charge in [-0.25, -0.2) is 8.42 Å². The largest absolute Gasteiger partial charge is 0.492 e. The monoisotopic (exact) mass is 442 g/mol. The lowest BCUT2D eigenvalue weighted by Crippen LogP contribution is -2.26. The Morgan fingerprint density at radius 2 is 1.87 bits per heavy atom. The molecule has 1 aromatic carbocycles. The van der Waals surface area contributed by atoms with E-state index in [0.29, 0.717) is 17.7 Å². The van der Waals surface area contributed by atoms with Gasteiger partial charge in [-0.05, 0) is 41.3 Å². The van der Waals surface area contributed by atoms with Crippen molar-refractivity contribution in [1.29, 1.82) is 0 Å². The fourth-order valence-electron chi connectivity index (χ4n) is 3.04. The van der Waals surface area contributed by atoms with E-state index in [2.05, 4.69) is 4.98 Å². The molecule has 10 heteroatoms. The highest BCUT2D eigenvalue weighted by atomic mass is 32.2. The van der Waals surface area contributed by atoms with Gasteiger partial charge in [-0.3, -0.25) is 9.78 Å². The number of hydrogen-bond acceptors (Lipinski definition) is 5. The highest BCUT2D eigenvalue weighted by molar-refractivity contribution is 7.90. The van der Waals surface area contributed by atoms with Gasteiger partial charge in [0.2, 0.25) is 0 Å². The lowest BCUT2D eigenvalue weighted by atomic mass is 10.1. The van der Waals surface area contributed by atoms with Crippen LogP contribution in [0.5, 0.6) is 5.75 Å². The van der Waals surface area contributed by atoms with Crippen LogP contribution in [-0.4, -0.2) is 37.1 Å². The second-order valence-electron chi connectivity index (χ2n) is 7.63. The molecule has 0 bridgehead atoms. The molecule has 0 spiro atoms. The molecule has 3 rings (SSSR count). The number of pyridine rings is 1. The average Bonchev–Trinajstić information content (AvgIpc) is 3.07. The zero-order valence-electron chi connectivity index (χ0n) is 16.7. The lowest BCUT2D eigenvalue weighted by molar-refractivity contribution is -0.141. The van der Waals surface area contributed by atoms with E-state index in [1.54, 1.807) is 0 Å². The molecule has 0 saturated heterocycles. The smallest absolute Gasteiger partial charge is 0.433 e. The van der Waals surface area contributed by atoms with Gasteiger partial charge >= 0.3 is 6.18 Å². The number of rotatable bonds is 5. The van der Waals surface area contributed by atoms with Crippen molar-refractivity contribution in [3.8, 4) is 5.75 Å². The minimum Gasteiger partial charge on any atom is -0.492 e. The third kappa shape index (κ3) is 4.75. The van der Waals surface area contributed by atoms with E-state index < -0.39 is 27.6 Å². The second-order valence-corrected chi connectivity index (χ2v) is 9.65. The van der Waals surface area contributed by atoms with Crippen LogP contribution >= 0.6 is 0 Å². The lowest BCUT2D eigenvalue weighted by Gasteiger charge is -2.19. The molecule has 162 valence electrons. The van der Waals surface area contributed by atoms with Gasteiger partial charge in [0.25, 0.3) is 5.91 Å². The maximum atomic E-state index is 13.2. The van der Waals surface area contributed by atoms with Gasteiger partial charge in [0.15, 0.2) is 9.84 Å². The van der Waals surface area contributed by atoms with Crippen LogP contribution in [0.15, 0.2) is 35.4 Å². The molecule has 30 heavy (non-hydrogen) atoms. The van der Waals surface area contributed by atoms with Crippen molar-refractivity contribution in [1.82, 2.24) is 9.88 Å². The number of alkyl halides is 3. The molecule has 0 fully saturated rings. The minimum absolute atomic E-state index is 0.0352. The second kappa shape index (κ2) is 7.90. The fraction of sp³-hybridized carbons (Fsp3) is 0.400. The molecule has 1 aliphatic rings. The zero-order chi connectivity index (χ0) is 22.3. The molecule has 0 unspecified atom stereocenters. The van der Waals surface area contributed by atoms with Crippen LogP contribution in [0.2, 0.25) is 0 Å². The Labute approximate surface area is 172 Å². The quantitative estimate of drug-likeness (QED) is 0.706. The number of benzene rings is 1. The summed E-state index contributed by atoms with van der Waals surface area (Å²) in [6, 6.07) is 4.97. The highest BCUT2D eigenvalue weighted by Gasteiger charge is 2.35. The number of sulfone groups is 1. The first-order valence-corrected chi connectivity index (χ1v) is 11.1. The van der Waals surface area contributed by atoms with E-state index >= 15 is 0 Å². The molecule has 6 nitrogen and oxygen atoms in total. The van der Waals surface area contributed by atoms with E-state index in [9.17, 15) is 26.4 Å². The van der Waals surface area contributed by atoms with E-state index in [1.807, 2.05) is 13.8 Å². The van der Waals surface area contributed by atoms with Crippen LogP contribution in [-0.2, 0) is 29.1 Å². The van der Waals surface area contributed by atoms with Crippen molar-refractivity contribution in [3.63, 3.8) is 0 Å². The first kappa shape index (κ1) is 22.1. The Bertz CT molecular complexity index is 1080. The predicted octanol–water partition coefficient (Wildman–Crippen LogP) is 3.69. The van der Waals surface area contributed by atoms with E-state index in [-0.39, 0.29) is 35.2 Å². The Hall–Kier alpha value is -2.62. The number of amides is 1. The standard InChI is InChI=1S/C20H21F3N2O4S/c1-12(2)11-29-17-5-4-15(30(3,27)28)7-16(17)19(26)25-9-13-6-18(20(21,22)23)24-8-14(13)10-25/h4-8,12H,9-11H2,1-3H3. The number of halogens is 3. The summed E-state index contributed by atoms with van der Waals surface area (Å²) in [4.78, 5) is 17.9. The topological polar surface area (TPSA) is 76.6 Å². The van der Waals surface area contributed by atoms with E-state index in [0.717, 1.165) is 18.5 Å². The molecule has 2 heterocycles. The summed E-state index contributed by atoms with van der Waals surface area (Å²) in [5, 5.41) is 0. The van der Waals surface area contributed by atoms with E-state index in [4.69, 9.17) is 4.74 Å². The highest BCUT2D eigenvalue weighted by Crippen LogP contribution is 2.33. The van der Waals surface area contributed by atoms with Gasteiger partial charge in [0.05, 0.1) is 17.1 Å². The average molecular weight is 442 g/mol. The Morgan fingerprint density at radius 3 is 2.47 bits per heavy atom. The number of aromatic nitrogens is 1. The maximum absolute atomic E-state index is 13.2. The van der Waals surface area contributed by atoms with Gasteiger partial charge in [0.1, 0.15) is 11.4 Å². The number of hydrogen-bond donors (Lipinski definition) is 0. The molecule has 1 aliphatic heterocycles. The number of carbonyl (C=O) groups is 1. The van der Waals surface area contributed by atoms with Crippen molar-refractivity contribution in [3.05, 3.63) is 52.8 Å². The third-order valence-corrected chi connectivity index (χ3v) is 5.67. The van der Waals surface area contributed by atoms with Crippen LogP contribution < -0.4 is 4.74 Å². The molecule has 1 amide bonds. The van der Waals surface area contributed by atoms with Gasteiger partial charge in [-0.15, -0.1) is 0 Å². The summed E-state index contributed by atoms with van der Waals surface area (Å²) >= 11 is 0. The number of fused-ring (bicyclic) bond motifs is 1. The van der Waals surface area contributed by atoms with Crippen LogP contribution in [0, 0.1) is 5.92 Å². The molecular formula is C20H21F3N2O4S. The van der Waals surface area contributed by atoms with Crippen molar-refractivity contribution in [2.45, 2.75) is 38.0 Å². The number of ether oxygens (including phenoxy) is 1. The molecule has 0 N–H and O–H groups in total. The van der Waals surface area contributed by atoms with Gasteiger partial charge in [0, 0.05) is 25.5 Å². The minimum atomic E-state index is -4.58. The Morgan fingerprint density at radius 1 is 1.20 bits per heavy atom. The number of carbonyl (C=O) groups excluding carboxylic acids is 1. The summed E-state index contributed by atoms with van der Waals surface area (Å²) in [5.41, 5.74) is -0.0965. The van der Waals surface area contributed by atoms with Gasteiger partial charge < -0.3 is 9.64 Å². The van der Waals surface area contributed by atoms with Crippen LogP contribution in [0.4, 0.5) is 13.2 Å². The molecule has 2 aromatic rings. The van der Waals surface area contributed by atoms with Crippen LogP contribution in [0.3, 0.4) is 0 Å². The maximum Gasteiger partial charge on any atom is 0.433 e. The molecule has 0 radical (unpaired) electrons. The molecule has 0 atom stereocenters. The summed E-state index contributed by atoms with van der Waals surface area (Å²) in [6.07, 6.45) is -2.43.